The van der Waals surface area contributed by atoms with Gasteiger partial charge < -0.3 is 5.32 Å². The van der Waals surface area contributed by atoms with Crippen LogP contribution in [-0.2, 0) is 14.8 Å². The van der Waals surface area contributed by atoms with E-state index in [0.717, 1.165) is 30.2 Å². The molecular weight excluding hydrogens is 288 g/mol. The Bertz CT molecular complexity index is 644. The lowest BCUT2D eigenvalue weighted by Gasteiger charge is -2.18. The van der Waals surface area contributed by atoms with Gasteiger partial charge in [0.25, 0.3) is 0 Å². The fourth-order valence-electron chi connectivity index (χ4n) is 3.29. The van der Waals surface area contributed by atoms with E-state index in [4.69, 9.17) is 5.14 Å². The molecule has 3 N–H and O–H groups in total. The zero-order valence-electron chi connectivity index (χ0n) is 12.0. The Morgan fingerprint density at radius 2 is 1.76 bits per heavy atom. The second-order valence-electron chi connectivity index (χ2n) is 6.27. The number of carbonyl (C=O) groups excluding carboxylic acids is 1. The van der Waals surface area contributed by atoms with Crippen LogP contribution in [0, 0.1) is 17.8 Å². The molecule has 2 aliphatic carbocycles. The Labute approximate surface area is 125 Å². The van der Waals surface area contributed by atoms with Crippen LogP contribution in [0.3, 0.4) is 0 Å². The van der Waals surface area contributed by atoms with Gasteiger partial charge in [-0.25, -0.2) is 13.6 Å². The highest BCUT2D eigenvalue weighted by molar-refractivity contribution is 7.89. The van der Waals surface area contributed by atoms with Crippen LogP contribution in [0.25, 0.3) is 0 Å². The van der Waals surface area contributed by atoms with Crippen molar-refractivity contribution in [2.45, 2.75) is 37.1 Å². The monoisotopic (exact) mass is 308 g/mol. The number of benzene rings is 1. The molecule has 1 aromatic rings. The maximum absolute atomic E-state index is 12.2. The molecule has 6 heteroatoms. The molecular formula is C15H20N2O3S. The first-order valence-corrected chi connectivity index (χ1v) is 8.82. The summed E-state index contributed by atoms with van der Waals surface area (Å²) in [5.41, 5.74) is 0.874. The van der Waals surface area contributed by atoms with Gasteiger partial charge in [0.2, 0.25) is 15.9 Å². The molecule has 0 bridgehead atoms. The Hall–Kier alpha value is -1.40. The molecule has 3 unspecified atom stereocenters. The fourth-order valence-corrected chi connectivity index (χ4v) is 3.81. The van der Waals surface area contributed by atoms with Crippen LogP contribution in [0.5, 0.6) is 0 Å². The van der Waals surface area contributed by atoms with E-state index < -0.39 is 10.0 Å². The summed E-state index contributed by atoms with van der Waals surface area (Å²) in [6, 6.07) is 6.19. The molecule has 1 aromatic carbocycles. The number of primary sulfonamides is 1. The van der Waals surface area contributed by atoms with Crippen LogP contribution < -0.4 is 10.5 Å². The van der Waals surface area contributed by atoms with E-state index in [2.05, 4.69) is 5.32 Å². The first-order chi connectivity index (χ1) is 9.84. The molecule has 21 heavy (non-hydrogen) atoms. The zero-order valence-corrected chi connectivity index (χ0v) is 12.8. The molecule has 2 fully saturated rings. The van der Waals surface area contributed by atoms with Crippen LogP contribution >= 0.6 is 0 Å². The van der Waals surface area contributed by atoms with Crippen LogP contribution in [0.4, 0.5) is 0 Å². The highest BCUT2D eigenvalue weighted by atomic mass is 32.2. The highest BCUT2D eigenvalue weighted by Crippen LogP contribution is 2.54. The Morgan fingerprint density at radius 3 is 2.29 bits per heavy atom. The molecule has 2 aliphatic rings. The van der Waals surface area contributed by atoms with Crippen molar-refractivity contribution in [1.29, 1.82) is 0 Å². The molecule has 114 valence electrons. The van der Waals surface area contributed by atoms with Crippen molar-refractivity contribution in [3.8, 4) is 0 Å². The molecule has 0 aromatic heterocycles. The van der Waals surface area contributed by atoms with E-state index in [-0.39, 0.29) is 22.8 Å². The third kappa shape index (κ3) is 3.11. The lowest BCUT2D eigenvalue weighted by atomic mass is 10.0. The van der Waals surface area contributed by atoms with Crippen LogP contribution in [0.1, 0.15) is 37.8 Å². The average Bonchev–Trinajstić information content (AvgIpc) is 3.04. The maximum atomic E-state index is 12.2. The van der Waals surface area contributed by atoms with Gasteiger partial charge in [-0.2, -0.15) is 0 Å². The lowest BCUT2D eigenvalue weighted by Crippen LogP contribution is -2.32. The molecule has 0 radical (unpaired) electrons. The zero-order chi connectivity index (χ0) is 15.2. The van der Waals surface area contributed by atoms with Crippen molar-refractivity contribution in [1.82, 2.24) is 5.32 Å². The van der Waals surface area contributed by atoms with Crippen molar-refractivity contribution in [2.75, 3.05) is 0 Å². The van der Waals surface area contributed by atoms with Gasteiger partial charge >= 0.3 is 0 Å². The number of sulfonamides is 1. The molecule has 0 aliphatic heterocycles. The van der Waals surface area contributed by atoms with Crippen LogP contribution in [0.15, 0.2) is 29.2 Å². The summed E-state index contributed by atoms with van der Waals surface area (Å²) >= 11 is 0. The van der Waals surface area contributed by atoms with Gasteiger partial charge in [0.05, 0.1) is 10.9 Å². The number of nitrogens with two attached hydrogens (primary N) is 1. The molecule has 0 saturated heterocycles. The largest absolute Gasteiger partial charge is 0.349 e. The van der Waals surface area contributed by atoms with Gasteiger partial charge in [-0.1, -0.05) is 12.1 Å². The normalized spacial score (nSPS) is 28.8. The Morgan fingerprint density at radius 1 is 1.19 bits per heavy atom. The number of nitrogens with one attached hydrogen (secondary N) is 1. The summed E-state index contributed by atoms with van der Waals surface area (Å²) in [6.07, 6.45) is 3.34. The number of amides is 1. The smallest absolute Gasteiger partial charge is 0.238 e. The predicted molar refractivity (Wildman–Crippen MR) is 78.7 cm³/mol. The van der Waals surface area contributed by atoms with E-state index in [0.29, 0.717) is 0 Å². The second-order valence-corrected chi connectivity index (χ2v) is 7.83. The Kier molecular flexibility index (Phi) is 3.53. The number of hydrogen-bond acceptors (Lipinski definition) is 3. The molecule has 0 spiro atoms. The van der Waals surface area contributed by atoms with Gasteiger partial charge in [0.15, 0.2) is 0 Å². The van der Waals surface area contributed by atoms with Crippen molar-refractivity contribution in [3.05, 3.63) is 29.8 Å². The summed E-state index contributed by atoms with van der Waals surface area (Å²) in [5.74, 6) is 1.83. The average molecular weight is 308 g/mol. The van der Waals surface area contributed by atoms with Gasteiger partial charge in [-0.3, -0.25) is 4.79 Å². The van der Waals surface area contributed by atoms with E-state index in [1.807, 2.05) is 6.92 Å². The topological polar surface area (TPSA) is 89.3 Å². The predicted octanol–water partition coefficient (Wildman–Crippen LogP) is 1.56. The van der Waals surface area contributed by atoms with Crippen molar-refractivity contribution < 1.29 is 13.2 Å². The maximum Gasteiger partial charge on any atom is 0.238 e. The number of carbonyl (C=O) groups is 1. The van der Waals surface area contributed by atoms with Crippen molar-refractivity contribution in [3.63, 3.8) is 0 Å². The molecule has 2 saturated carbocycles. The highest BCUT2D eigenvalue weighted by Gasteiger charge is 2.48. The summed E-state index contributed by atoms with van der Waals surface area (Å²) in [6.45, 7) is 1.90. The third-order valence-corrected chi connectivity index (χ3v) is 5.61. The summed E-state index contributed by atoms with van der Waals surface area (Å²) < 4.78 is 22.4. The van der Waals surface area contributed by atoms with Crippen LogP contribution in [-0.4, -0.2) is 14.3 Å². The van der Waals surface area contributed by atoms with Crippen molar-refractivity contribution >= 4 is 15.9 Å². The van der Waals surface area contributed by atoms with Gasteiger partial charge in [-0.05, 0) is 55.7 Å². The molecule has 3 atom stereocenters. The molecule has 1 amide bonds. The van der Waals surface area contributed by atoms with Crippen LogP contribution in [0.2, 0.25) is 0 Å². The first kappa shape index (κ1) is 14.5. The first-order valence-electron chi connectivity index (χ1n) is 7.27. The van der Waals surface area contributed by atoms with E-state index >= 15 is 0 Å². The summed E-state index contributed by atoms with van der Waals surface area (Å²) in [5, 5.41) is 8.08. The quantitative estimate of drug-likeness (QED) is 0.884. The lowest BCUT2D eigenvalue weighted by molar-refractivity contribution is -0.125. The van der Waals surface area contributed by atoms with Gasteiger partial charge in [0, 0.05) is 5.92 Å². The van der Waals surface area contributed by atoms with E-state index in [1.54, 1.807) is 12.1 Å². The third-order valence-electron chi connectivity index (χ3n) is 4.68. The van der Waals surface area contributed by atoms with Gasteiger partial charge in [-0.15, -0.1) is 0 Å². The minimum Gasteiger partial charge on any atom is -0.349 e. The molecule has 5 nitrogen and oxygen atoms in total. The number of fused-ring (bicyclic) bond motifs is 1. The van der Waals surface area contributed by atoms with Gasteiger partial charge in [0.1, 0.15) is 0 Å². The van der Waals surface area contributed by atoms with E-state index in [1.165, 1.54) is 18.6 Å². The SMILES string of the molecule is CC(NC(=O)C1CC2CC2C1)c1ccc(S(N)(=O)=O)cc1. The summed E-state index contributed by atoms with van der Waals surface area (Å²) in [7, 11) is -3.67. The minimum absolute atomic E-state index is 0.0839. The fraction of sp³-hybridized carbons (Fsp3) is 0.533. The molecule has 0 heterocycles. The minimum atomic E-state index is -3.67. The standard InChI is InChI=1S/C15H20N2O3S/c1-9(10-2-4-14(5-3-10)21(16,19)20)17-15(18)13-7-11-6-12(11)8-13/h2-5,9,11-13H,6-8H2,1H3,(H,17,18)(H2,16,19,20). The number of rotatable bonds is 4. The molecule has 3 rings (SSSR count). The summed E-state index contributed by atoms with van der Waals surface area (Å²) in [4.78, 5) is 12.3. The van der Waals surface area contributed by atoms with Crippen molar-refractivity contribution in [2.24, 2.45) is 22.9 Å². The second kappa shape index (κ2) is 5.10. The number of hydrogen-bond donors (Lipinski definition) is 2. The van der Waals surface area contributed by atoms with E-state index in [9.17, 15) is 13.2 Å². The Balaban J connectivity index is 1.62.